The summed E-state index contributed by atoms with van der Waals surface area (Å²) in [7, 11) is 1.54. The molecule has 7 nitrogen and oxygen atoms in total. The van der Waals surface area contributed by atoms with Crippen molar-refractivity contribution in [1.29, 1.82) is 0 Å². The van der Waals surface area contributed by atoms with E-state index in [0.717, 1.165) is 10.8 Å². The molecule has 0 radical (unpaired) electrons. The van der Waals surface area contributed by atoms with Gasteiger partial charge in [0, 0.05) is 18.2 Å². The van der Waals surface area contributed by atoms with Crippen LogP contribution >= 0.6 is 0 Å². The van der Waals surface area contributed by atoms with Crippen LogP contribution in [0.15, 0.2) is 52.1 Å². The minimum atomic E-state index is -0.678. The lowest BCUT2D eigenvalue weighted by atomic mass is 9.97. The third-order valence-electron chi connectivity index (χ3n) is 4.55. The van der Waals surface area contributed by atoms with Crippen molar-refractivity contribution in [3.05, 3.63) is 80.1 Å². The SMILES string of the molecule is CCc1c(C(=O)c2cccc3ccccc23)n(COCCOC)c(=O)[nH]c1=O. The van der Waals surface area contributed by atoms with Gasteiger partial charge in [-0.3, -0.25) is 19.1 Å². The predicted molar refractivity (Wildman–Crippen MR) is 106 cm³/mol. The van der Waals surface area contributed by atoms with Gasteiger partial charge in [-0.15, -0.1) is 0 Å². The molecule has 2 aromatic carbocycles. The molecule has 0 fully saturated rings. The van der Waals surface area contributed by atoms with E-state index in [2.05, 4.69) is 4.98 Å². The molecule has 0 saturated heterocycles. The fourth-order valence-electron chi connectivity index (χ4n) is 3.17. The lowest BCUT2D eigenvalue weighted by Crippen LogP contribution is -2.38. The van der Waals surface area contributed by atoms with Crippen LogP contribution in [0, 0.1) is 0 Å². The van der Waals surface area contributed by atoms with Crippen molar-refractivity contribution < 1.29 is 14.3 Å². The first kappa shape index (κ1) is 19.7. The first-order valence-corrected chi connectivity index (χ1v) is 9.03. The van der Waals surface area contributed by atoms with Crippen LogP contribution in [0.1, 0.15) is 28.5 Å². The molecule has 0 amide bonds. The van der Waals surface area contributed by atoms with E-state index in [0.29, 0.717) is 18.6 Å². The Morgan fingerprint density at radius 2 is 1.82 bits per heavy atom. The van der Waals surface area contributed by atoms with Gasteiger partial charge in [-0.05, 0) is 17.2 Å². The van der Waals surface area contributed by atoms with E-state index >= 15 is 0 Å². The van der Waals surface area contributed by atoms with Gasteiger partial charge in [0.05, 0.1) is 13.2 Å². The summed E-state index contributed by atoms with van der Waals surface area (Å²) >= 11 is 0. The summed E-state index contributed by atoms with van der Waals surface area (Å²) in [6.07, 6.45) is 0.305. The summed E-state index contributed by atoms with van der Waals surface area (Å²) in [4.78, 5) is 40.5. The van der Waals surface area contributed by atoms with E-state index in [1.165, 1.54) is 4.57 Å². The van der Waals surface area contributed by atoms with Gasteiger partial charge in [0.25, 0.3) is 5.56 Å². The fourth-order valence-corrected chi connectivity index (χ4v) is 3.17. The van der Waals surface area contributed by atoms with Crippen LogP contribution in [0.25, 0.3) is 10.8 Å². The molecule has 0 spiro atoms. The number of methoxy groups -OCH3 is 1. The number of ketones is 1. The van der Waals surface area contributed by atoms with Crippen molar-refractivity contribution in [2.45, 2.75) is 20.1 Å². The Kier molecular flexibility index (Phi) is 6.18. The van der Waals surface area contributed by atoms with Gasteiger partial charge in [-0.1, -0.05) is 49.4 Å². The molecule has 1 N–H and O–H groups in total. The summed E-state index contributed by atoms with van der Waals surface area (Å²) < 4.78 is 11.6. The predicted octanol–water partition coefficient (Wildman–Crippen LogP) is 2.10. The standard InChI is InChI=1S/C21H22N2O5/c1-3-15-18(23(13-28-12-11-27-2)21(26)22-20(15)25)19(24)17-10-6-8-14-7-4-5-9-16(14)17/h4-10H,3,11-13H2,1-2H3,(H,22,25,26). The van der Waals surface area contributed by atoms with E-state index in [-0.39, 0.29) is 30.4 Å². The second-order valence-corrected chi connectivity index (χ2v) is 6.25. The number of aromatic amines is 1. The number of nitrogens with zero attached hydrogens (tertiary/aromatic N) is 1. The highest BCUT2D eigenvalue weighted by molar-refractivity contribution is 6.16. The van der Waals surface area contributed by atoms with Crippen molar-refractivity contribution in [3.63, 3.8) is 0 Å². The van der Waals surface area contributed by atoms with Crippen LogP contribution in [-0.2, 0) is 22.6 Å². The van der Waals surface area contributed by atoms with Gasteiger partial charge < -0.3 is 9.47 Å². The Balaban J connectivity index is 2.16. The third-order valence-corrected chi connectivity index (χ3v) is 4.55. The largest absolute Gasteiger partial charge is 0.382 e. The van der Waals surface area contributed by atoms with E-state index in [4.69, 9.17) is 9.47 Å². The maximum Gasteiger partial charge on any atom is 0.330 e. The number of benzene rings is 2. The quantitative estimate of drug-likeness (QED) is 0.476. The molecule has 0 atom stereocenters. The molecule has 7 heteroatoms. The van der Waals surface area contributed by atoms with Crippen LogP contribution in [0.2, 0.25) is 0 Å². The zero-order chi connectivity index (χ0) is 20.1. The first-order valence-electron chi connectivity index (χ1n) is 9.03. The maximum atomic E-state index is 13.5. The number of ether oxygens (including phenoxy) is 2. The summed E-state index contributed by atoms with van der Waals surface area (Å²) in [5.41, 5.74) is -0.478. The minimum Gasteiger partial charge on any atom is -0.382 e. The molecule has 0 saturated carbocycles. The van der Waals surface area contributed by atoms with Crippen molar-refractivity contribution in [1.82, 2.24) is 9.55 Å². The Labute approximate surface area is 161 Å². The molecule has 0 aliphatic rings. The highest BCUT2D eigenvalue weighted by Crippen LogP contribution is 2.22. The zero-order valence-corrected chi connectivity index (χ0v) is 15.9. The van der Waals surface area contributed by atoms with E-state index in [1.807, 2.05) is 30.3 Å². The first-order chi connectivity index (χ1) is 13.6. The Bertz CT molecular complexity index is 1110. The van der Waals surface area contributed by atoms with Gasteiger partial charge in [-0.25, -0.2) is 4.79 Å². The molecule has 0 bridgehead atoms. The van der Waals surface area contributed by atoms with Crippen LogP contribution in [0.3, 0.4) is 0 Å². The van der Waals surface area contributed by atoms with Crippen LogP contribution < -0.4 is 11.2 Å². The lowest BCUT2D eigenvalue weighted by Gasteiger charge is -2.16. The molecule has 0 unspecified atom stereocenters. The molecule has 1 heterocycles. The molecular formula is C21H22N2O5. The number of rotatable bonds is 8. The highest BCUT2D eigenvalue weighted by Gasteiger charge is 2.23. The second kappa shape index (κ2) is 8.77. The zero-order valence-electron chi connectivity index (χ0n) is 15.9. The second-order valence-electron chi connectivity index (χ2n) is 6.25. The summed E-state index contributed by atoms with van der Waals surface area (Å²) in [5, 5.41) is 1.66. The normalized spacial score (nSPS) is 11.1. The number of hydrogen-bond donors (Lipinski definition) is 1. The van der Waals surface area contributed by atoms with Crippen molar-refractivity contribution >= 4 is 16.6 Å². The van der Waals surface area contributed by atoms with Crippen LogP contribution in [0.5, 0.6) is 0 Å². The molecule has 3 rings (SSSR count). The number of nitrogens with one attached hydrogen (secondary N) is 1. The summed E-state index contributed by atoms with van der Waals surface area (Å²) in [5.74, 6) is -0.382. The van der Waals surface area contributed by atoms with Gasteiger partial charge >= 0.3 is 5.69 Å². The van der Waals surface area contributed by atoms with Crippen molar-refractivity contribution in [2.75, 3.05) is 20.3 Å². The summed E-state index contributed by atoms with van der Waals surface area (Å²) in [6, 6.07) is 12.9. The van der Waals surface area contributed by atoms with Gasteiger partial charge in [-0.2, -0.15) is 0 Å². The Hall–Kier alpha value is -3.03. The lowest BCUT2D eigenvalue weighted by molar-refractivity contribution is 0.0307. The third kappa shape index (κ3) is 3.81. The number of fused-ring (bicyclic) bond motifs is 1. The minimum absolute atomic E-state index is 0.0602. The number of carbonyl (C=O) groups excluding carboxylic acids is 1. The topological polar surface area (TPSA) is 90.4 Å². The van der Waals surface area contributed by atoms with Crippen molar-refractivity contribution in [3.8, 4) is 0 Å². The van der Waals surface area contributed by atoms with Crippen LogP contribution in [-0.4, -0.2) is 35.7 Å². The van der Waals surface area contributed by atoms with E-state index in [9.17, 15) is 14.4 Å². The van der Waals surface area contributed by atoms with E-state index < -0.39 is 11.2 Å². The van der Waals surface area contributed by atoms with Crippen LogP contribution in [0.4, 0.5) is 0 Å². The van der Waals surface area contributed by atoms with E-state index in [1.54, 1.807) is 26.2 Å². The molecular weight excluding hydrogens is 360 g/mol. The monoisotopic (exact) mass is 382 g/mol. The molecule has 0 aliphatic heterocycles. The number of H-pyrrole nitrogens is 1. The van der Waals surface area contributed by atoms with Gasteiger partial charge in [0.15, 0.2) is 0 Å². The number of carbonyl (C=O) groups is 1. The number of aromatic nitrogens is 2. The molecule has 0 aliphatic carbocycles. The summed E-state index contributed by atoms with van der Waals surface area (Å²) in [6.45, 7) is 2.22. The molecule has 146 valence electrons. The molecule has 3 aromatic rings. The smallest absolute Gasteiger partial charge is 0.330 e. The Morgan fingerprint density at radius 3 is 2.57 bits per heavy atom. The highest BCUT2D eigenvalue weighted by atomic mass is 16.5. The fraction of sp³-hybridized carbons (Fsp3) is 0.286. The van der Waals surface area contributed by atoms with Gasteiger partial charge in [0.2, 0.25) is 5.78 Å². The average molecular weight is 382 g/mol. The van der Waals surface area contributed by atoms with Gasteiger partial charge in [0.1, 0.15) is 12.4 Å². The maximum absolute atomic E-state index is 13.5. The Morgan fingerprint density at radius 1 is 1.07 bits per heavy atom. The number of hydrogen-bond acceptors (Lipinski definition) is 5. The molecule has 28 heavy (non-hydrogen) atoms. The molecule has 1 aromatic heterocycles. The average Bonchev–Trinajstić information content (AvgIpc) is 2.71. The van der Waals surface area contributed by atoms with Crippen molar-refractivity contribution in [2.24, 2.45) is 0 Å².